The van der Waals surface area contributed by atoms with Crippen molar-refractivity contribution in [3.05, 3.63) is 54.1 Å². The predicted molar refractivity (Wildman–Crippen MR) is 79.8 cm³/mol. The highest BCUT2D eigenvalue weighted by Crippen LogP contribution is 2.24. The minimum absolute atomic E-state index is 0.407. The summed E-state index contributed by atoms with van der Waals surface area (Å²) in [4.78, 5) is 11.3. The number of hydrogen-bond acceptors (Lipinski definition) is 4. The molecule has 4 nitrogen and oxygen atoms in total. The number of carbonyl (C=O) groups is 1. The first kappa shape index (κ1) is 14.9. The molecule has 2 aromatic rings. The number of rotatable bonds is 5. The second-order valence-corrected chi connectivity index (χ2v) is 4.67. The average molecular weight is 286 g/mol. The maximum Gasteiger partial charge on any atom is 0.346 e. The van der Waals surface area contributed by atoms with Crippen molar-refractivity contribution in [1.82, 2.24) is 0 Å². The molecule has 0 spiro atoms. The van der Waals surface area contributed by atoms with Crippen LogP contribution in [0.5, 0.6) is 17.2 Å². The molecule has 0 unspecified atom stereocenters. The van der Waals surface area contributed by atoms with Crippen molar-refractivity contribution in [2.75, 3.05) is 7.11 Å². The van der Waals surface area contributed by atoms with Gasteiger partial charge in [-0.05, 0) is 50.2 Å². The Kier molecular flexibility index (Phi) is 4.82. The van der Waals surface area contributed by atoms with E-state index in [0.717, 1.165) is 5.75 Å². The lowest BCUT2D eigenvalue weighted by Crippen LogP contribution is -2.24. The second-order valence-electron chi connectivity index (χ2n) is 4.67. The zero-order valence-corrected chi connectivity index (χ0v) is 12.3. The minimum atomic E-state index is -0.640. The van der Waals surface area contributed by atoms with Gasteiger partial charge in [-0.2, -0.15) is 0 Å². The zero-order chi connectivity index (χ0) is 15.2. The van der Waals surface area contributed by atoms with Crippen molar-refractivity contribution < 1.29 is 19.0 Å². The van der Waals surface area contributed by atoms with E-state index in [1.807, 2.05) is 31.2 Å². The first-order valence-corrected chi connectivity index (χ1v) is 6.67. The molecule has 0 saturated heterocycles. The van der Waals surface area contributed by atoms with Crippen LogP contribution in [0.4, 0.5) is 0 Å². The van der Waals surface area contributed by atoms with Gasteiger partial charge in [0, 0.05) is 0 Å². The summed E-state index contributed by atoms with van der Waals surface area (Å²) >= 11 is 0. The van der Waals surface area contributed by atoms with E-state index in [4.69, 9.17) is 9.47 Å². The molecule has 2 aromatic carbocycles. The monoisotopic (exact) mass is 286 g/mol. The second kappa shape index (κ2) is 6.79. The predicted octanol–water partition coefficient (Wildman–Crippen LogP) is 3.73. The SMILES string of the molecule is COC(=O)[C@H](C)Oc1ccc(Oc2ccc(C)cc2)cc1. The Labute approximate surface area is 124 Å². The van der Waals surface area contributed by atoms with E-state index < -0.39 is 12.1 Å². The van der Waals surface area contributed by atoms with Crippen molar-refractivity contribution in [3.8, 4) is 17.2 Å². The number of methoxy groups -OCH3 is 1. The van der Waals surface area contributed by atoms with Crippen LogP contribution in [0.25, 0.3) is 0 Å². The number of aryl methyl sites for hydroxylation is 1. The first-order valence-electron chi connectivity index (χ1n) is 6.67. The number of esters is 1. The molecule has 4 heteroatoms. The largest absolute Gasteiger partial charge is 0.479 e. The van der Waals surface area contributed by atoms with Crippen LogP contribution in [0.3, 0.4) is 0 Å². The van der Waals surface area contributed by atoms with E-state index in [-0.39, 0.29) is 0 Å². The highest BCUT2D eigenvalue weighted by atomic mass is 16.6. The van der Waals surface area contributed by atoms with Gasteiger partial charge in [0.25, 0.3) is 0 Å². The van der Waals surface area contributed by atoms with Crippen LogP contribution in [0, 0.1) is 6.92 Å². The molecule has 0 aliphatic rings. The Hall–Kier alpha value is -2.49. The van der Waals surface area contributed by atoms with Gasteiger partial charge in [0.05, 0.1) is 7.11 Å². The normalized spacial score (nSPS) is 11.6. The molecular formula is C17H18O4. The van der Waals surface area contributed by atoms with Crippen LogP contribution in [-0.2, 0) is 9.53 Å². The number of hydrogen-bond donors (Lipinski definition) is 0. The Balaban J connectivity index is 1.98. The van der Waals surface area contributed by atoms with Gasteiger partial charge >= 0.3 is 5.97 Å². The maximum atomic E-state index is 11.3. The fraction of sp³-hybridized carbons (Fsp3) is 0.235. The van der Waals surface area contributed by atoms with Gasteiger partial charge in [-0.3, -0.25) is 0 Å². The summed E-state index contributed by atoms with van der Waals surface area (Å²) in [6.07, 6.45) is -0.640. The van der Waals surface area contributed by atoms with Gasteiger partial charge in [0.1, 0.15) is 17.2 Å². The van der Waals surface area contributed by atoms with Gasteiger partial charge in [-0.25, -0.2) is 4.79 Å². The fourth-order valence-corrected chi connectivity index (χ4v) is 1.75. The van der Waals surface area contributed by atoms with E-state index in [0.29, 0.717) is 11.5 Å². The molecule has 0 bridgehead atoms. The lowest BCUT2D eigenvalue weighted by molar-refractivity contribution is -0.147. The van der Waals surface area contributed by atoms with Gasteiger partial charge in [0.2, 0.25) is 0 Å². The summed E-state index contributed by atoms with van der Waals surface area (Å²) in [5.74, 6) is 1.66. The van der Waals surface area contributed by atoms with Gasteiger partial charge in [-0.15, -0.1) is 0 Å². The molecule has 0 aromatic heterocycles. The van der Waals surface area contributed by atoms with E-state index in [9.17, 15) is 4.79 Å². The van der Waals surface area contributed by atoms with Crippen LogP contribution >= 0.6 is 0 Å². The molecule has 1 atom stereocenters. The van der Waals surface area contributed by atoms with Crippen LogP contribution in [0.1, 0.15) is 12.5 Å². The van der Waals surface area contributed by atoms with Gasteiger partial charge < -0.3 is 14.2 Å². The van der Waals surface area contributed by atoms with Crippen LogP contribution in [0.15, 0.2) is 48.5 Å². The van der Waals surface area contributed by atoms with Crippen LogP contribution < -0.4 is 9.47 Å². The summed E-state index contributed by atoms with van der Waals surface area (Å²) < 4.78 is 15.8. The molecule has 0 fully saturated rings. The van der Waals surface area contributed by atoms with Crippen molar-refractivity contribution in [2.24, 2.45) is 0 Å². The third-order valence-electron chi connectivity index (χ3n) is 2.93. The molecule has 0 aliphatic carbocycles. The number of carbonyl (C=O) groups excluding carboxylic acids is 1. The smallest absolute Gasteiger partial charge is 0.346 e. The third-order valence-corrected chi connectivity index (χ3v) is 2.93. The van der Waals surface area contributed by atoms with Crippen LogP contribution in [0.2, 0.25) is 0 Å². The number of benzene rings is 2. The van der Waals surface area contributed by atoms with Crippen molar-refractivity contribution in [1.29, 1.82) is 0 Å². The Morgan fingerprint density at radius 1 is 0.905 bits per heavy atom. The Bertz CT molecular complexity index is 587. The maximum absolute atomic E-state index is 11.3. The molecule has 21 heavy (non-hydrogen) atoms. The van der Waals surface area contributed by atoms with Crippen LogP contribution in [-0.4, -0.2) is 19.2 Å². The molecule has 2 rings (SSSR count). The average Bonchev–Trinajstić information content (AvgIpc) is 2.50. The Morgan fingerprint density at radius 3 is 1.90 bits per heavy atom. The lowest BCUT2D eigenvalue weighted by Gasteiger charge is -2.13. The molecule has 0 amide bonds. The van der Waals surface area contributed by atoms with E-state index in [1.165, 1.54) is 12.7 Å². The first-order chi connectivity index (χ1) is 10.1. The quantitative estimate of drug-likeness (QED) is 0.786. The van der Waals surface area contributed by atoms with Gasteiger partial charge in [0.15, 0.2) is 6.10 Å². The molecule has 110 valence electrons. The Morgan fingerprint density at radius 2 is 1.38 bits per heavy atom. The zero-order valence-electron chi connectivity index (χ0n) is 12.3. The van der Waals surface area contributed by atoms with E-state index in [1.54, 1.807) is 31.2 Å². The summed E-state index contributed by atoms with van der Waals surface area (Å²) in [6.45, 7) is 3.67. The molecule has 0 aliphatic heterocycles. The van der Waals surface area contributed by atoms with Crippen molar-refractivity contribution in [2.45, 2.75) is 20.0 Å². The van der Waals surface area contributed by atoms with Gasteiger partial charge in [-0.1, -0.05) is 17.7 Å². The topological polar surface area (TPSA) is 44.8 Å². The standard InChI is InChI=1S/C17H18O4/c1-12-4-6-15(7-5-12)21-16-10-8-14(9-11-16)20-13(2)17(18)19-3/h4-11,13H,1-3H3/t13-/m0/s1. The highest BCUT2D eigenvalue weighted by molar-refractivity contribution is 5.74. The summed E-state index contributed by atoms with van der Waals surface area (Å²) in [6, 6.07) is 14.9. The molecule has 0 heterocycles. The third kappa shape index (κ3) is 4.24. The van der Waals surface area contributed by atoms with Crippen molar-refractivity contribution in [3.63, 3.8) is 0 Å². The molecular weight excluding hydrogens is 268 g/mol. The summed E-state index contributed by atoms with van der Waals surface area (Å²) in [5.41, 5.74) is 1.18. The lowest BCUT2D eigenvalue weighted by atomic mass is 10.2. The highest BCUT2D eigenvalue weighted by Gasteiger charge is 2.14. The summed E-state index contributed by atoms with van der Waals surface area (Å²) in [7, 11) is 1.33. The summed E-state index contributed by atoms with van der Waals surface area (Å²) in [5, 5.41) is 0. The molecule has 0 N–H and O–H groups in total. The van der Waals surface area contributed by atoms with E-state index in [2.05, 4.69) is 4.74 Å². The minimum Gasteiger partial charge on any atom is -0.479 e. The van der Waals surface area contributed by atoms with Crippen molar-refractivity contribution >= 4 is 5.97 Å². The number of ether oxygens (including phenoxy) is 3. The fourth-order valence-electron chi connectivity index (χ4n) is 1.75. The molecule has 0 radical (unpaired) electrons. The molecule has 0 saturated carbocycles. The van der Waals surface area contributed by atoms with E-state index >= 15 is 0 Å².